The van der Waals surface area contributed by atoms with Gasteiger partial charge in [0.15, 0.2) is 5.16 Å². The van der Waals surface area contributed by atoms with Crippen molar-refractivity contribution in [3.8, 4) is 0 Å². The van der Waals surface area contributed by atoms with Gasteiger partial charge in [0.05, 0.1) is 5.69 Å². The maximum absolute atomic E-state index is 12.7. The minimum Gasteiger partial charge on any atom is -0.329 e. The van der Waals surface area contributed by atoms with Gasteiger partial charge in [0, 0.05) is 30.0 Å². The van der Waals surface area contributed by atoms with Crippen molar-refractivity contribution < 1.29 is 9.59 Å². The van der Waals surface area contributed by atoms with Crippen LogP contribution in [0.5, 0.6) is 0 Å². The number of nitrogens with zero attached hydrogens (tertiary/aromatic N) is 4. The van der Waals surface area contributed by atoms with Crippen molar-refractivity contribution in [3.63, 3.8) is 0 Å². The van der Waals surface area contributed by atoms with Crippen LogP contribution in [0, 0.1) is 0 Å². The van der Waals surface area contributed by atoms with Gasteiger partial charge in [0.1, 0.15) is 6.04 Å². The van der Waals surface area contributed by atoms with Gasteiger partial charge in [-0.05, 0) is 43.3 Å². The third-order valence-electron chi connectivity index (χ3n) is 4.45. The van der Waals surface area contributed by atoms with Crippen LogP contribution in [0.15, 0.2) is 82.0 Å². The van der Waals surface area contributed by atoms with Crippen LogP contribution in [0.4, 0.5) is 11.4 Å². The van der Waals surface area contributed by atoms with Crippen molar-refractivity contribution in [1.82, 2.24) is 15.0 Å². The summed E-state index contributed by atoms with van der Waals surface area (Å²) in [6, 6.07) is 15.9. The van der Waals surface area contributed by atoms with E-state index in [1.807, 2.05) is 60.3 Å². The largest absolute Gasteiger partial charge is 0.329 e. The van der Waals surface area contributed by atoms with Crippen molar-refractivity contribution in [2.75, 3.05) is 10.3 Å². The molecule has 0 saturated carbocycles. The molecule has 8 nitrogen and oxygen atoms in total. The first-order valence-electron chi connectivity index (χ1n) is 9.31. The van der Waals surface area contributed by atoms with Gasteiger partial charge < -0.3 is 9.88 Å². The molecule has 1 atom stereocenters. The van der Waals surface area contributed by atoms with Crippen LogP contribution in [0.1, 0.15) is 6.92 Å². The highest BCUT2D eigenvalue weighted by atomic mass is 32.2. The van der Waals surface area contributed by atoms with Gasteiger partial charge in [-0.1, -0.05) is 30.0 Å². The summed E-state index contributed by atoms with van der Waals surface area (Å²) in [5.74, 6) is -0.564. The van der Waals surface area contributed by atoms with Gasteiger partial charge >= 0.3 is 0 Å². The number of amides is 2. The molecule has 2 heterocycles. The Hall–Kier alpha value is -3.59. The molecule has 2 aromatic carbocycles. The van der Waals surface area contributed by atoms with E-state index in [1.54, 1.807) is 25.3 Å². The monoisotopic (exact) mass is 420 g/mol. The Balaban J connectivity index is 1.45. The first-order chi connectivity index (χ1) is 14.5. The van der Waals surface area contributed by atoms with Gasteiger partial charge in [-0.15, -0.1) is 0 Å². The van der Waals surface area contributed by atoms with Gasteiger partial charge in [-0.25, -0.2) is 15.0 Å². The standard InChI is InChI=1S/C21H20N6O2S/c1-14-20(29)27(16-6-4-3-5-7-16)25-18(23-14)19(28)24-15-8-10-17(11-9-15)30-21-22-12-13-26(21)2/h3-14H,1-2H3,(H,23,25)(H,24,28). The van der Waals surface area contributed by atoms with Gasteiger partial charge in [-0.2, -0.15) is 0 Å². The van der Waals surface area contributed by atoms with E-state index >= 15 is 0 Å². The molecule has 9 heteroatoms. The zero-order valence-corrected chi connectivity index (χ0v) is 17.3. The average Bonchev–Trinajstić information content (AvgIpc) is 3.16. The molecule has 1 aromatic heterocycles. The number of rotatable bonds is 5. The molecule has 2 N–H and O–H groups in total. The first-order valence-corrected chi connectivity index (χ1v) is 10.1. The molecule has 1 unspecified atom stereocenters. The zero-order valence-electron chi connectivity index (χ0n) is 16.4. The Labute approximate surface area is 178 Å². The number of carbonyl (C=O) groups is 2. The van der Waals surface area contributed by atoms with E-state index in [0.717, 1.165) is 10.1 Å². The normalized spacial score (nSPS) is 16.1. The summed E-state index contributed by atoms with van der Waals surface area (Å²) in [5.41, 5.74) is 4.10. The maximum atomic E-state index is 12.7. The summed E-state index contributed by atoms with van der Waals surface area (Å²) in [4.78, 5) is 34.7. The molecule has 3 aromatic rings. The number of aryl methyl sites for hydroxylation is 1. The van der Waals surface area contributed by atoms with Crippen molar-refractivity contribution >= 4 is 40.8 Å². The number of nitrogens with one attached hydrogen (secondary N) is 2. The Morgan fingerprint density at radius 3 is 2.53 bits per heavy atom. The zero-order chi connectivity index (χ0) is 21.1. The highest BCUT2D eigenvalue weighted by molar-refractivity contribution is 7.99. The van der Waals surface area contributed by atoms with Crippen LogP contribution >= 0.6 is 11.8 Å². The molecule has 0 aliphatic carbocycles. The molecule has 0 bridgehead atoms. The molecule has 1 aliphatic rings. The summed E-state index contributed by atoms with van der Waals surface area (Å²) in [6.07, 6.45) is 3.64. The summed E-state index contributed by atoms with van der Waals surface area (Å²) >= 11 is 1.53. The number of hydrogen-bond donors (Lipinski definition) is 2. The molecular weight excluding hydrogens is 400 g/mol. The second kappa shape index (κ2) is 8.42. The molecule has 4 rings (SSSR count). The lowest BCUT2D eigenvalue weighted by atomic mass is 10.2. The number of hydrazine groups is 1. The highest BCUT2D eigenvalue weighted by Gasteiger charge is 2.30. The number of para-hydroxylation sites is 1. The van der Waals surface area contributed by atoms with Crippen LogP contribution in [0.3, 0.4) is 0 Å². The van der Waals surface area contributed by atoms with E-state index in [-0.39, 0.29) is 11.7 Å². The van der Waals surface area contributed by atoms with Crippen molar-refractivity contribution in [2.45, 2.75) is 23.0 Å². The third-order valence-corrected chi connectivity index (χ3v) is 5.53. The Morgan fingerprint density at radius 2 is 1.87 bits per heavy atom. The number of carbonyl (C=O) groups excluding carboxylic acids is 2. The van der Waals surface area contributed by atoms with E-state index in [4.69, 9.17) is 0 Å². The topological polar surface area (TPSA) is 91.6 Å². The second-order valence-electron chi connectivity index (χ2n) is 6.68. The summed E-state index contributed by atoms with van der Waals surface area (Å²) < 4.78 is 1.94. The van der Waals surface area contributed by atoms with Crippen molar-refractivity contribution in [3.05, 3.63) is 67.0 Å². The van der Waals surface area contributed by atoms with E-state index in [2.05, 4.69) is 20.7 Å². The van der Waals surface area contributed by atoms with Crippen LogP contribution in [0.2, 0.25) is 0 Å². The fraction of sp³-hybridized carbons (Fsp3) is 0.143. The lowest BCUT2D eigenvalue weighted by molar-refractivity contribution is -0.120. The molecule has 152 valence electrons. The predicted molar refractivity (Wildman–Crippen MR) is 116 cm³/mol. The second-order valence-corrected chi connectivity index (χ2v) is 7.72. The number of hydrogen-bond acceptors (Lipinski definition) is 6. The van der Waals surface area contributed by atoms with E-state index in [1.165, 1.54) is 16.8 Å². The molecule has 0 fully saturated rings. The number of amidine groups is 1. The summed E-state index contributed by atoms with van der Waals surface area (Å²) in [7, 11) is 1.94. The quantitative estimate of drug-likeness (QED) is 0.662. The lowest BCUT2D eigenvalue weighted by Crippen LogP contribution is -2.57. The Morgan fingerprint density at radius 1 is 1.13 bits per heavy atom. The van der Waals surface area contributed by atoms with Gasteiger partial charge in [0.25, 0.3) is 11.8 Å². The van der Waals surface area contributed by atoms with Crippen LogP contribution in [-0.4, -0.2) is 33.2 Å². The van der Waals surface area contributed by atoms with Gasteiger partial charge in [0.2, 0.25) is 5.84 Å². The molecule has 2 amide bonds. The average molecular weight is 420 g/mol. The third kappa shape index (κ3) is 4.20. The number of aromatic nitrogens is 2. The SMILES string of the molecule is CC1N=C(C(=O)Nc2ccc(Sc3nccn3C)cc2)NN(c2ccccc2)C1=O. The fourth-order valence-electron chi connectivity index (χ4n) is 2.86. The molecule has 0 radical (unpaired) electrons. The van der Waals surface area contributed by atoms with E-state index in [0.29, 0.717) is 11.4 Å². The number of benzene rings is 2. The number of imidazole rings is 1. The van der Waals surface area contributed by atoms with Crippen LogP contribution < -0.4 is 15.8 Å². The Kier molecular flexibility index (Phi) is 5.53. The summed E-state index contributed by atoms with van der Waals surface area (Å²) in [6.45, 7) is 1.66. The smallest absolute Gasteiger partial charge is 0.292 e. The van der Waals surface area contributed by atoms with Crippen molar-refractivity contribution in [2.24, 2.45) is 12.0 Å². The lowest BCUT2D eigenvalue weighted by Gasteiger charge is -2.30. The van der Waals surface area contributed by atoms with Crippen molar-refractivity contribution in [1.29, 1.82) is 0 Å². The Bertz CT molecular complexity index is 1090. The minimum absolute atomic E-state index is 0.0809. The van der Waals surface area contributed by atoms with E-state index in [9.17, 15) is 9.59 Å². The highest BCUT2D eigenvalue weighted by Crippen LogP contribution is 2.26. The number of anilines is 2. The summed E-state index contributed by atoms with van der Waals surface area (Å²) in [5, 5.41) is 5.04. The molecular formula is C21H20N6O2S. The predicted octanol–water partition coefficient (Wildman–Crippen LogP) is 2.85. The van der Waals surface area contributed by atoms with E-state index < -0.39 is 11.9 Å². The van der Waals surface area contributed by atoms with Gasteiger partial charge in [-0.3, -0.25) is 15.0 Å². The minimum atomic E-state index is -0.663. The molecule has 0 saturated heterocycles. The molecule has 30 heavy (non-hydrogen) atoms. The number of aliphatic imine (C=N–C) groups is 1. The van der Waals surface area contributed by atoms with Crippen LogP contribution in [-0.2, 0) is 16.6 Å². The molecule has 0 spiro atoms. The fourth-order valence-corrected chi connectivity index (χ4v) is 3.66. The first kappa shape index (κ1) is 19.7. The molecule has 1 aliphatic heterocycles. The van der Waals surface area contributed by atoms with Crippen LogP contribution in [0.25, 0.3) is 0 Å². The maximum Gasteiger partial charge on any atom is 0.292 e.